The molecule has 1 N–H and O–H groups in total. The molecule has 0 spiro atoms. The topological polar surface area (TPSA) is 25.2 Å². The van der Waals surface area contributed by atoms with E-state index in [1.807, 2.05) is 18.2 Å². The van der Waals surface area contributed by atoms with Crippen LogP contribution in [0.4, 0.5) is 0 Å². The van der Waals surface area contributed by atoms with Gasteiger partial charge in [-0.05, 0) is 25.0 Å². The Morgan fingerprint density at radius 1 is 1.27 bits per heavy atom. The summed E-state index contributed by atoms with van der Waals surface area (Å²) in [4.78, 5) is 0. The average molecular weight is 201 g/mol. The number of hydrogen-bond donors (Lipinski definition) is 1. The van der Waals surface area contributed by atoms with E-state index < -0.39 is 0 Å². The first-order chi connectivity index (χ1) is 7.42. The molecule has 1 heterocycles. The molecular formula is C13H15NO. The zero-order valence-electron chi connectivity index (χ0n) is 8.70. The van der Waals surface area contributed by atoms with Crippen LogP contribution in [0.25, 0.3) is 11.0 Å². The van der Waals surface area contributed by atoms with Gasteiger partial charge in [-0.2, -0.15) is 0 Å². The minimum absolute atomic E-state index is 0.721. The molecule has 1 aliphatic carbocycles. The van der Waals surface area contributed by atoms with E-state index in [1.165, 1.54) is 24.6 Å². The number of benzene rings is 1. The molecule has 2 heteroatoms. The number of fused-ring (bicyclic) bond motifs is 1. The van der Waals surface area contributed by atoms with Crippen molar-refractivity contribution < 1.29 is 4.42 Å². The van der Waals surface area contributed by atoms with Crippen molar-refractivity contribution in [3.63, 3.8) is 0 Å². The third kappa shape index (κ3) is 1.77. The Kier molecular flexibility index (Phi) is 2.22. The highest BCUT2D eigenvalue weighted by molar-refractivity contribution is 5.77. The van der Waals surface area contributed by atoms with Crippen LogP contribution >= 0.6 is 0 Å². The maximum Gasteiger partial charge on any atom is 0.134 e. The first-order valence-corrected chi connectivity index (χ1v) is 5.63. The first-order valence-electron chi connectivity index (χ1n) is 5.63. The molecule has 0 atom stereocenters. The SMILES string of the molecule is c1ccc2oc(CNC3CCC3)cc2c1. The second kappa shape index (κ2) is 3.70. The van der Waals surface area contributed by atoms with Crippen LogP contribution in [0.3, 0.4) is 0 Å². The molecule has 2 aromatic rings. The second-order valence-electron chi connectivity index (χ2n) is 4.26. The van der Waals surface area contributed by atoms with Crippen molar-refractivity contribution in [2.75, 3.05) is 0 Å². The Hall–Kier alpha value is -1.28. The largest absolute Gasteiger partial charge is 0.460 e. The third-order valence-electron chi connectivity index (χ3n) is 3.15. The summed E-state index contributed by atoms with van der Waals surface area (Å²) in [6.07, 6.45) is 4.01. The number of para-hydroxylation sites is 1. The van der Waals surface area contributed by atoms with Gasteiger partial charge < -0.3 is 9.73 Å². The molecule has 1 aromatic carbocycles. The number of hydrogen-bond acceptors (Lipinski definition) is 2. The standard InChI is InChI=1S/C13H15NO/c1-2-7-13-10(4-1)8-12(15-13)9-14-11-5-3-6-11/h1-2,4,7-8,11,14H,3,5-6,9H2. The van der Waals surface area contributed by atoms with Crippen LogP contribution in [0.2, 0.25) is 0 Å². The summed E-state index contributed by atoms with van der Waals surface area (Å²) in [5, 5.41) is 4.70. The Morgan fingerprint density at radius 2 is 2.13 bits per heavy atom. The summed E-state index contributed by atoms with van der Waals surface area (Å²) in [7, 11) is 0. The molecular weight excluding hydrogens is 186 g/mol. The summed E-state index contributed by atoms with van der Waals surface area (Å²) in [6, 6.07) is 11.0. The molecule has 78 valence electrons. The van der Waals surface area contributed by atoms with E-state index in [2.05, 4.69) is 17.4 Å². The van der Waals surface area contributed by atoms with Crippen molar-refractivity contribution in [2.24, 2.45) is 0 Å². The Balaban J connectivity index is 1.73. The maximum atomic E-state index is 5.72. The molecule has 15 heavy (non-hydrogen) atoms. The van der Waals surface area contributed by atoms with Gasteiger partial charge in [0.15, 0.2) is 0 Å². The van der Waals surface area contributed by atoms with Gasteiger partial charge in [-0.1, -0.05) is 24.6 Å². The smallest absolute Gasteiger partial charge is 0.134 e. The van der Waals surface area contributed by atoms with Crippen LogP contribution in [0.15, 0.2) is 34.7 Å². The fraction of sp³-hybridized carbons (Fsp3) is 0.385. The average Bonchev–Trinajstić information content (AvgIpc) is 2.57. The van der Waals surface area contributed by atoms with Crippen LogP contribution in [-0.4, -0.2) is 6.04 Å². The van der Waals surface area contributed by atoms with Gasteiger partial charge in [0.1, 0.15) is 11.3 Å². The lowest BCUT2D eigenvalue weighted by atomic mass is 9.93. The highest BCUT2D eigenvalue weighted by atomic mass is 16.3. The quantitative estimate of drug-likeness (QED) is 0.825. The fourth-order valence-electron chi connectivity index (χ4n) is 1.98. The minimum atomic E-state index is 0.721. The lowest BCUT2D eigenvalue weighted by Gasteiger charge is -2.25. The van der Waals surface area contributed by atoms with Crippen molar-refractivity contribution in [2.45, 2.75) is 31.8 Å². The second-order valence-corrected chi connectivity index (χ2v) is 4.26. The van der Waals surface area contributed by atoms with Crippen molar-refractivity contribution in [1.29, 1.82) is 0 Å². The van der Waals surface area contributed by atoms with E-state index in [1.54, 1.807) is 0 Å². The molecule has 0 unspecified atom stereocenters. The molecule has 0 radical (unpaired) electrons. The van der Waals surface area contributed by atoms with Crippen molar-refractivity contribution in [1.82, 2.24) is 5.32 Å². The van der Waals surface area contributed by atoms with E-state index in [0.29, 0.717) is 0 Å². The number of nitrogens with one attached hydrogen (secondary N) is 1. The zero-order chi connectivity index (χ0) is 10.1. The Morgan fingerprint density at radius 3 is 2.87 bits per heavy atom. The fourth-order valence-corrected chi connectivity index (χ4v) is 1.98. The molecule has 1 aromatic heterocycles. The molecule has 0 aliphatic heterocycles. The summed E-state index contributed by atoms with van der Waals surface area (Å²) in [5.41, 5.74) is 0.989. The molecule has 3 rings (SSSR count). The third-order valence-corrected chi connectivity index (χ3v) is 3.15. The van der Waals surface area contributed by atoms with Gasteiger partial charge in [0.25, 0.3) is 0 Å². The summed E-state index contributed by atoms with van der Waals surface area (Å²) >= 11 is 0. The van der Waals surface area contributed by atoms with E-state index in [9.17, 15) is 0 Å². The van der Waals surface area contributed by atoms with E-state index in [4.69, 9.17) is 4.42 Å². The Bertz CT molecular complexity index is 423. The maximum absolute atomic E-state index is 5.72. The summed E-state index contributed by atoms with van der Waals surface area (Å²) in [5.74, 6) is 1.04. The van der Waals surface area contributed by atoms with Crippen molar-refractivity contribution in [3.05, 3.63) is 36.1 Å². The lowest BCUT2D eigenvalue weighted by Crippen LogP contribution is -2.34. The molecule has 0 saturated heterocycles. The zero-order valence-corrected chi connectivity index (χ0v) is 8.70. The van der Waals surface area contributed by atoms with Gasteiger partial charge >= 0.3 is 0 Å². The van der Waals surface area contributed by atoms with Crippen LogP contribution < -0.4 is 5.32 Å². The molecule has 1 saturated carbocycles. The predicted octanol–water partition coefficient (Wildman–Crippen LogP) is 3.07. The molecule has 2 nitrogen and oxygen atoms in total. The summed E-state index contributed by atoms with van der Waals surface area (Å²) in [6.45, 7) is 0.860. The monoisotopic (exact) mass is 201 g/mol. The highest BCUT2D eigenvalue weighted by Gasteiger charge is 2.16. The Labute approximate surface area is 89.3 Å². The minimum Gasteiger partial charge on any atom is -0.460 e. The molecule has 1 fully saturated rings. The molecule has 0 bridgehead atoms. The molecule has 1 aliphatic rings. The van der Waals surface area contributed by atoms with Gasteiger partial charge in [-0.15, -0.1) is 0 Å². The first kappa shape index (κ1) is 8.98. The van der Waals surface area contributed by atoms with Crippen molar-refractivity contribution >= 4 is 11.0 Å². The lowest BCUT2D eigenvalue weighted by molar-refractivity contribution is 0.327. The number of furan rings is 1. The van der Waals surface area contributed by atoms with Crippen molar-refractivity contribution in [3.8, 4) is 0 Å². The van der Waals surface area contributed by atoms with Crippen LogP contribution in [0, 0.1) is 0 Å². The van der Waals surface area contributed by atoms with Gasteiger partial charge in [0.05, 0.1) is 6.54 Å². The van der Waals surface area contributed by atoms with E-state index in [-0.39, 0.29) is 0 Å². The van der Waals surface area contributed by atoms with E-state index in [0.717, 1.165) is 23.9 Å². The summed E-state index contributed by atoms with van der Waals surface area (Å²) < 4.78 is 5.72. The van der Waals surface area contributed by atoms with Gasteiger partial charge in [-0.3, -0.25) is 0 Å². The predicted molar refractivity (Wildman–Crippen MR) is 60.7 cm³/mol. The highest BCUT2D eigenvalue weighted by Crippen LogP contribution is 2.21. The normalized spacial score (nSPS) is 16.8. The van der Waals surface area contributed by atoms with Crippen LogP contribution in [0.1, 0.15) is 25.0 Å². The number of rotatable bonds is 3. The van der Waals surface area contributed by atoms with Crippen LogP contribution in [0.5, 0.6) is 0 Å². The molecule has 0 amide bonds. The van der Waals surface area contributed by atoms with Gasteiger partial charge in [-0.25, -0.2) is 0 Å². The van der Waals surface area contributed by atoms with E-state index >= 15 is 0 Å². The van der Waals surface area contributed by atoms with Gasteiger partial charge in [0, 0.05) is 11.4 Å². The van der Waals surface area contributed by atoms with Crippen LogP contribution in [-0.2, 0) is 6.54 Å². The van der Waals surface area contributed by atoms with Gasteiger partial charge in [0.2, 0.25) is 0 Å².